The lowest BCUT2D eigenvalue weighted by Gasteiger charge is -2.17. The Labute approximate surface area is 181 Å². The quantitative estimate of drug-likeness (QED) is 0.539. The number of pyridine rings is 1. The second kappa shape index (κ2) is 9.98. The summed E-state index contributed by atoms with van der Waals surface area (Å²) in [5, 5.41) is 0. The topological polar surface area (TPSA) is 76.3 Å². The van der Waals surface area contributed by atoms with Crippen LogP contribution in [0.2, 0.25) is 0 Å². The number of carbonyl (C=O) groups excluding carboxylic acids is 2. The standard InChI is InChI=1S/C25H26FN3O2/c1-3-24(31)29(2)16-21-11-10-20(15-22(21)26)17-6-8-18(9-7-17)23(30)13-12-19-5-4-14-28-25(19)27/h4-11,14-15H,3,12-13,16H2,1-2H3,(H2,27,28). The maximum atomic E-state index is 14.6. The summed E-state index contributed by atoms with van der Waals surface area (Å²) in [7, 11) is 1.66. The van der Waals surface area contributed by atoms with Crippen molar-refractivity contribution in [1.82, 2.24) is 9.88 Å². The van der Waals surface area contributed by atoms with E-state index in [4.69, 9.17) is 5.73 Å². The lowest BCUT2D eigenvalue weighted by atomic mass is 9.98. The van der Waals surface area contributed by atoms with Gasteiger partial charge in [0.15, 0.2) is 5.78 Å². The van der Waals surface area contributed by atoms with Crippen LogP contribution in [-0.2, 0) is 17.8 Å². The molecule has 5 nitrogen and oxygen atoms in total. The molecule has 1 heterocycles. The van der Waals surface area contributed by atoms with Crippen molar-refractivity contribution in [1.29, 1.82) is 0 Å². The predicted octanol–water partition coefficient (Wildman–Crippen LogP) is 4.65. The van der Waals surface area contributed by atoms with Crippen molar-refractivity contribution >= 4 is 17.5 Å². The highest BCUT2D eigenvalue weighted by Gasteiger charge is 2.12. The summed E-state index contributed by atoms with van der Waals surface area (Å²) in [4.78, 5) is 29.8. The van der Waals surface area contributed by atoms with Crippen LogP contribution in [0.25, 0.3) is 11.1 Å². The molecule has 0 aliphatic heterocycles. The smallest absolute Gasteiger partial charge is 0.222 e. The van der Waals surface area contributed by atoms with Gasteiger partial charge >= 0.3 is 0 Å². The molecule has 0 aliphatic rings. The first kappa shape index (κ1) is 22.2. The summed E-state index contributed by atoms with van der Waals surface area (Å²) in [6.07, 6.45) is 2.87. The number of aromatic nitrogens is 1. The Kier molecular flexibility index (Phi) is 7.13. The van der Waals surface area contributed by atoms with Crippen molar-refractivity contribution in [2.24, 2.45) is 0 Å². The SMILES string of the molecule is CCC(=O)N(C)Cc1ccc(-c2ccc(C(=O)CCc3cccnc3N)cc2)cc1F. The van der Waals surface area contributed by atoms with Gasteiger partial charge < -0.3 is 10.6 Å². The van der Waals surface area contributed by atoms with Gasteiger partial charge in [0.2, 0.25) is 5.91 Å². The van der Waals surface area contributed by atoms with E-state index in [9.17, 15) is 14.0 Å². The number of ketones is 1. The maximum Gasteiger partial charge on any atom is 0.222 e. The number of hydrogen-bond acceptors (Lipinski definition) is 4. The molecular weight excluding hydrogens is 393 g/mol. The number of amides is 1. The third-order valence-corrected chi connectivity index (χ3v) is 5.28. The van der Waals surface area contributed by atoms with E-state index in [1.165, 1.54) is 11.0 Å². The predicted molar refractivity (Wildman–Crippen MR) is 120 cm³/mol. The molecule has 0 atom stereocenters. The monoisotopic (exact) mass is 419 g/mol. The first-order valence-electron chi connectivity index (χ1n) is 10.2. The Morgan fingerprint density at radius 3 is 2.39 bits per heavy atom. The summed E-state index contributed by atoms with van der Waals surface area (Å²) >= 11 is 0. The van der Waals surface area contributed by atoms with Crippen LogP contribution in [0.5, 0.6) is 0 Å². The molecule has 0 aliphatic carbocycles. The van der Waals surface area contributed by atoms with Gasteiger partial charge in [0.05, 0.1) is 0 Å². The van der Waals surface area contributed by atoms with E-state index in [2.05, 4.69) is 4.98 Å². The molecule has 2 aromatic carbocycles. The number of nitrogens with two attached hydrogens (primary N) is 1. The average molecular weight is 420 g/mol. The highest BCUT2D eigenvalue weighted by atomic mass is 19.1. The minimum Gasteiger partial charge on any atom is -0.383 e. The number of halogens is 1. The van der Waals surface area contributed by atoms with Crippen molar-refractivity contribution < 1.29 is 14.0 Å². The number of Topliss-reactive ketones (excluding diaryl/α,β-unsaturated/α-hetero) is 1. The minimum atomic E-state index is -0.359. The molecule has 3 aromatic rings. The number of anilines is 1. The third-order valence-electron chi connectivity index (χ3n) is 5.28. The number of nitrogens with zero attached hydrogens (tertiary/aromatic N) is 2. The molecule has 0 spiro atoms. The van der Waals surface area contributed by atoms with Gasteiger partial charge in [-0.05, 0) is 35.2 Å². The summed E-state index contributed by atoms with van der Waals surface area (Å²) in [6.45, 7) is 2.01. The van der Waals surface area contributed by atoms with Gasteiger partial charge in [0.1, 0.15) is 11.6 Å². The summed E-state index contributed by atoms with van der Waals surface area (Å²) in [5.74, 6) is 0.0683. The van der Waals surface area contributed by atoms with Crippen molar-refractivity contribution in [2.75, 3.05) is 12.8 Å². The molecule has 0 saturated heterocycles. The molecule has 0 saturated carbocycles. The molecule has 6 heteroatoms. The molecule has 2 N–H and O–H groups in total. The molecule has 1 aromatic heterocycles. The number of rotatable bonds is 8. The van der Waals surface area contributed by atoms with Gasteiger partial charge in [0, 0.05) is 43.8 Å². The molecule has 3 rings (SSSR count). The highest BCUT2D eigenvalue weighted by Crippen LogP contribution is 2.24. The van der Waals surface area contributed by atoms with E-state index in [0.717, 1.165) is 11.1 Å². The maximum absolute atomic E-state index is 14.6. The molecule has 160 valence electrons. The lowest BCUT2D eigenvalue weighted by molar-refractivity contribution is -0.130. The fraction of sp³-hybridized carbons (Fsp3) is 0.240. The van der Waals surface area contributed by atoms with Crippen LogP contribution in [0.15, 0.2) is 60.8 Å². The van der Waals surface area contributed by atoms with E-state index >= 15 is 0 Å². The van der Waals surface area contributed by atoms with Crippen LogP contribution < -0.4 is 5.73 Å². The van der Waals surface area contributed by atoms with Crippen LogP contribution in [-0.4, -0.2) is 28.6 Å². The first-order chi connectivity index (χ1) is 14.9. The van der Waals surface area contributed by atoms with Gasteiger partial charge in [-0.25, -0.2) is 9.37 Å². The lowest BCUT2D eigenvalue weighted by Crippen LogP contribution is -2.25. The van der Waals surface area contributed by atoms with Crippen LogP contribution >= 0.6 is 0 Å². The molecule has 1 amide bonds. The van der Waals surface area contributed by atoms with Gasteiger partial charge in [0.25, 0.3) is 0 Å². The van der Waals surface area contributed by atoms with Gasteiger partial charge in [-0.2, -0.15) is 0 Å². The first-order valence-corrected chi connectivity index (χ1v) is 10.2. The Morgan fingerprint density at radius 2 is 1.74 bits per heavy atom. The number of aryl methyl sites for hydroxylation is 1. The number of carbonyl (C=O) groups is 2. The van der Waals surface area contributed by atoms with Crippen molar-refractivity contribution in [3.63, 3.8) is 0 Å². The Balaban J connectivity index is 1.66. The largest absolute Gasteiger partial charge is 0.383 e. The average Bonchev–Trinajstić information content (AvgIpc) is 2.79. The van der Waals surface area contributed by atoms with Crippen LogP contribution in [0.4, 0.5) is 10.2 Å². The van der Waals surface area contributed by atoms with Crippen LogP contribution in [0, 0.1) is 5.82 Å². The van der Waals surface area contributed by atoms with Crippen molar-refractivity contribution in [3.05, 3.63) is 83.3 Å². The van der Waals surface area contributed by atoms with Gasteiger partial charge in [-0.3, -0.25) is 9.59 Å². The normalized spacial score (nSPS) is 10.7. The van der Waals surface area contributed by atoms with Crippen molar-refractivity contribution in [2.45, 2.75) is 32.7 Å². The summed E-state index contributed by atoms with van der Waals surface area (Å²) in [5.41, 5.74) is 9.28. The Morgan fingerprint density at radius 1 is 1.03 bits per heavy atom. The van der Waals surface area contributed by atoms with E-state index < -0.39 is 0 Å². The fourth-order valence-corrected chi connectivity index (χ4v) is 3.37. The van der Waals surface area contributed by atoms with E-state index in [1.54, 1.807) is 44.4 Å². The summed E-state index contributed by atoms with van der Waals surface area (Å²) in [6, 6.07) is 15.8. The zero-order chi connectivity index (χ0) is 22.4. The zero-order valence-corrected chi connectivity index (χ0v) is 17.8. The number of nitrogen functional groups attached to an aromatic ring is 1. The molecule has 0 fully saturated rings. The fourth-order valence-electron chi connectivity index (χ4n) is 3.37. The van der Waals surface area contributed by atoms with Crippen molar-refractivity contribution in [3.8, 4) is 11.1 Å². The molecule has 31 heavy (non-hydrogen) atoms. The van der Waals surface area contributed by atoms with Crippen LogP contribution in [0.1, 0.15) is 41.3 Å². The number of hydrogen-bond donors (Lipinski definition) is 1. The third kappa shape index (κ3) is 5.54. The number of benzene rings is 2. The van der Waals surface area contributed by atoms with E-state index in [-0.39, 0.29) is 24.1 Å². The molecular formula is C25H26FN3O2. The summed E-state index contributed by atoms with van der Waals surface area (Å²) < 4.78 is 14.6. The van der Waals surface area contributed by atoms with Crippen LogP contribution in [0.3, 0.4) is 0 Å². The van der Waals surface area contributed by atoms with E-state index in [0.29, 0.717) is 41.8 Å². The molecule has 0 bridgehead atoms. The highest BCUT2D eigenvalue weighted by molar-refractivity contribution is 5.96. The van der Waals surface area contributed by atoms with E-state index in [1.807, 2.05) is 24.3 Å². The Hall–Kier alpha value is -3.54. The molecule has 0 unspecified atom stereocenters. The second-order valence-electron chi connectivity index (χ2n) is 7.46. The Bertz CT molecular complexity index is 1080. The molecule has 0 radical (unpaired) electrons. The minimum absolute atomic E-state index is 0.0139. The zero-order valence-electron chi connectivity index (χ0n) is 17.8. The van der Waals surface area contributed by atoms with Gasteiger partial charge in [-0.1, -0.05) is 49.4 Å². The van der Waals surface area contributed by atoms with Gasteiger partial charge in [-0.15, -0.1) is 0 Å². The second-order valence-corrected chi connectivity index (χ2v) is 7.46.